The van der Waals surface area contributed by atoms with Gasteiger partial charge in [-0.3, -0.25) is 43.2 Å². The fourth-order valence-electron chi connectivity index (χ4n) is 10.0. The average molecular weight is 1190 g/mol. The van der Waals surface area contributed by atoms with Gasteiger partial charge in [0.15, 0.2) is 0 Å². The number of carbonyl (C=O) groups excluding carboxylic acids is 7. The monoisotopic (exact) mass is 1180 g/mol. The molecule has 23 nitrogen and oxygen atoms in total. The van der Waals surface area contributed by atoms with E-state index in [9.17, 15) is 63.3 Å². The van der Waals surface area contributed by atoms with Crippen LogP contribution in [-0.4, -0.2) is 137 Å². The molecule has 4 unspecified atom stereocenters. The summed E-state index contributed by atoms with van der Waals surface area (Å²) in [6.45, 7) is 20.8. The van der Waals surface area contributed by atoms with Gasteiger partial charge in [-0.15, -0.1) is 0 Å². The van der Waals surface area contributed by atoms with E-state index >= 15 is 0 Å². The largest absolute Gasteiger partial charge is 0.481 e. The Morgan fingerprint density at radius 3 is 1.85 bits per heavy atom. The molecule has 0 bridgehead atoms. The topological polar surface area (TPSA) is 360 Å². The lowest BCUT2D eigenvalue weighted by molar-refractivity contribution is -0.143. The highest BCUT2D eigenvalue weighted by Gasteiger charge is 2.34. The van der Waals surface area contributed by atoms with E-state index in [1.807, 2.05) is 67.5 Å². The van der Waals surface area contributed by atoms with Gasteiger partial charge >= 0.3 is 17.9 Å². The summed E-state index contributed by atoms with van der Waals surface area (Å²) < 4.78 is 12.1. The van der Waals surface area contributed by atoms with Gasteiger partial charge in [-0.25, -0.2) is 4.79 Å². The van der Waals surface area contributed by atoms with Crippen LogP contribution in [0.15, 0.2) is 36.0 Å². The average Bonchev–Trinajstić information content (AvgIpc) is 3.39. The normalized spacial score (nSPS) is 15.3. The lowest BCUT2D eigenvalue weighted by Crippen LogP contribution is -2.49. The number of ether oxygens (including phenoxy) is 2. The predicted octanol–water partition coefficient (Wildman–Crippen LogP) is 6.48. The summed E-state index contributed by atoms with van der Waals surface area (Å²) in [5, 5.41) is 48.0. The number of carboxylic acid groups (broad SMARTS) is 3. The Hall–Kier alpha value is -6.62. The third-order valence-corrected chi connectivity index (χ3v) is 15.0. The molecule has 4 atom stereocenters. The number of unbranched alkanes of at least 4 members (excludes halogenated alkanes) is 1. The molecule has 0 heterocycles. The first-order chi connectivity index (χ1) is 39.2. The molecule has 1 aliphatic rings. The van der Waals surface area contributed by atoms with Gasteiger partial charge in [0.25, 0.3) is 5.91 Å². The molecule has 1 aromatic carbocycles. The molecule has 1 aliphatic carbocycles. The van der Waals surface area contributed by atoms with E-state index in [4.69, 9.17) is 15.2 Å². The second-order valence-corrected chi connectivity index (χ2v) is 25.2. The van der Waals surface area contributed by atoms with E-state index in [1.165, 1.54) is 0 Å². The number of rotatable bonds is 42. The van der Waals surface area contributed by atoms with Crippen molar-refractivity contribution in [3.63, 3.8) is 0 Å². The minimum atomic E-state index is -1.42. The quantitative estimate of drug-likeness (QED) is 0.0312. The van der Waals surface area contributed by atoms with Crippen molar-refractivity contribution in [3.05, 3.63) is 41.6 Å². The second-order valence-electron chi connectivity index (χ2n) is 25.2. The smallest absolute Gasteiger partial charge is 0.326 e. The molecule has 0 saturated heterocycles. The van der Waals surface area contributed by atoms with Gasteiger partial charge in [-0.2, -0.15) is 0 Å². The lowest BCUT2D eigenvalue weighted by atomic mass is 9.72. The summed E-state index contributed by atoms with van der Waals surface area (Å²) in [6, 6.07) is 3.77. The van der Waals surface area contributed by atoms with Crippen LogP contribution in [0.1, 0.15) is 202 Å². The molecule has 0 spiro atoms. The van der Waals surface area contributed by atoms with Crippen molar-refractivity contribution >= 4 is 64.9 Å². The molecule has 2 rings (SSSR count). The Balaban J connectivity index is 1.74. The van der Waals surface area contributed by atoms with Gasteiger partial charge < -0.3 is 67.7 Å². The molecular weight excluding hydrogens is 1080 g/mol. The minimum Gasteiger partial charge on any atom is -0.481 e. The number of carbonyl (C=O) groups is 10. The van der Waals surface area contributed by atoms with E-state index in [-0.39, 0.29) is 69.6 Å². The summed E-state index contributed by atoms with van der Waals surface area (Å²) >= 11 is 0. The van der Waals surface area contributed by atoms with E-state index in [1.54, 1.807) is 18.3 Å². The fraction of sp³-hybridized carbons (Fsp3) is 0.705. The van der Waals surface area contributed by atoms with Crippen LogP contribution >= 0.6 is 0 Å². The summed E-state index contributed by atoms with van der Waals surface area (Å²) in [5.74, 6) is -6.62. The number of hydrogen-bond acceptors (Lipinski definition) is 13. The Morgan fingerprint density at radius 1 is 0.643 bits per heavy atom. The van der Waals surface area contributed by atoms with Crippen LogP contribution in [0.3, 0.4) is 0 Å². The molecule has 84 heavy (non-hydrogen) atoms. The van der Waals surface area contributed by atoms with Crippen molar-refractivity contribution in [2.75, 3.05) is 38.2 Å². The number of amides is 7. The third-order valence-electron chi connectivity index (χ3n) is 15.0. The number of nitrogens with two attached hydrogens (primary N) is 1. The number of carboxylic acids is 3. The first-order valence-corrected chi connectivity index (χ1v) is 29.7. The third kappa shape index (κ3) is 31.9. The van der Waals surface area contributed by atoms with Crippen LogP contribution in [0.4, 0.5) is 5.69 Å². The zero-order chi connectivity index (χ0) is 63.3. The van der Waals surface area contributed by atoms with Gasteiger partial charge in [-0.1, -0.05) is 53.5 Å². The molecule has 0 aliphatic heterocycles. The van der Waals surface area contributed by atoms with Crippen LogP contribution in [0.2, 0.25) is 0 Å². The standard InChI is InChI=1S/C61H100N8O15/c1-11-40(2)28-32-63-44-21-19-42(20-22-44)54(78)64-31-13-12-14-45(53(62)77)67-49(71)27-29-60(7,8)83-34-30-61(9,10)84-35-33-65-56(80)46(24-26-51(73)74)68-48(70)25-23-47(57(81)82)69-55(79)43-17-15-41(16-18-43)38-66-50(72)36-58(3,4)39-59(5,6)37-52(75)76/h19-22,38,40,43,45-47,63H,11-18,23-37,39H2,1-10H3,(H2,62,77)(H,64,78)(H,65,80)(H,66,72)(H,67,71)(H,68,70)(H,69,79)(H,73,74)(H,75,76)(H,81,82). The van der Waals surface area contributed by atoms with Crippen LogP contribution in [0.5, 0.6) is 0 Å². The van der Waals surface area contributed by atoms with E-state index in [0.717, 1.165) is 30.6 Å². The number of allylic oxidation sites excluding steroid dienone is 1. The highest BCUT2D eigenvalue weighted by Crippen LogP contribution is 2.38. The van der Waals surface area contributed by atoms with Crippen molar-refractivity contribution in [1.29, 1.82) is 0 Å². The zero-order valence-corrected chi connectivity index (χ0v) is 51.6. The molecular formula is C61H100N8O15. The maximum Gasteiger partial charge on any atom is 0.326 e. The first-order valence-electron chi connectivity index (χ1n) is 29.7. The van der Waals surface area contributed by atoms with Gasteiger partial charge in [-0.05, 0) is 152 Å². The molecule has 1 fully saturated rings. The van der Waals surface area contributed by atoms with Gasteiger partial charge in [0.1, 0.15) is 18.1 Å². The number of aliphatic carboxylic acids is 3. The van der Waals surface area contributed by atoms with Crippen LogP contribution in [0, 0.1) is 22.7 Å². The Labute approximate surface area is 496 Å². The number of hydrogen-bond donors (Lipinski definition) is 11. The SMILES string of the molecule is CCC(C)CCNc1ccc(C(=O)NCCCCC(NC(=O)CCC(C)(C)OCCC(C)(C)OCCNC(=O)C(CCC(=O)O)NC(=O)CCC(NC(=O)C2CCC(=CNC(=O)CC(C)(C)CC(C)(C)CC(=O)O)CC2)C(=O)O)C(N)=O)cc1. The Kier molecular flexibility index (Phi) is 31.7. The molecule has 7 amide bonds. The molecule has 474 valence electrons. The van der Waals surface area contributed by atoms with Crippen molar-refractivity contribution < 1.29 is 72.7 Å². The van der Waals surface area contributed by atoms with E-state index < -0.39 is 100 Å². The van der Waals surface area contributed by atoms with Crippen LogP contribution in [-0.2, 0) is 52.6 Å². The van der Waals surface area contributed by atoms with Crippen molar-refractivity contribution in [3.8, 4) is 0 Å². The number of nitrogens with one attached hydrogen (secondary N) is 7. The summed E-state index contributed by atoms with van der Waals surface area (Å²) in [6.07, 6.45) is 7.19. The number of primary amides is 1. The number of anilines is 1. The molecule has 12 N–H and O–H groups in total. The predicted molar refractivity (Wildman–Crippen MR) is 318 cm³/mol. The van der Waals surface area contributed by atoms with Crippen molar-refractivity contribution in [2.45, 2.75) is 221 Å². The molecule has 1 aromatic rings. The van der Waals surface area contributed by atoms with Gasteiger partial charge in [0.05, 0.1) is 30.8 Å². The molecule has 0 aromatic heterocycles. The molecule has 0 radical (unpaired) electrons. The molecule has 1 saturated carbocycles. The first kappa shape index (κ1) is 73.5. The highest BCUT2D eigenvalue weighted by atomic mass is 16.5. The Bertz CT molecular complexity index is 2360. The second kappa shape index (κ2) is 36.3. The Morgan fingerprint density at radius 2 is 1.24 bits per heavy atom. The summed E-state index contributed by atoms with van der Waals surface area (Å²) in [7, 11) is 0. The van der Waals surface area contributed by atoms with E-state index in [2.05, 4.69) is 51.1 Å². The van der Waals surface area contributed by atoms with Crippen LogP contribution < -0.4 is 43.0 Å². The van der Waals surface area contributed by atoms with Crippen LogP contribution in [0.25, 0.3) is 0 Å². The van der Waals surface area contributed by atoms with Crippen molar-refractivity contribution in [1.82, 2.24) is 31.9 Å². The summed E-state index contributed by atoms with van der Waals surface area (Å²) in [5.41, 5.74) is 5.64. The summed E-state index contributed by atoms with van der Waals surface area (Å²) in [4.78, 5) is 125. The van der Waals surface area contributed by atoms with Crippen molar-refractivity contribution in [2.24, 2.45) is 28.4 Å². The van der Waals surface area contributed by atoms with E-state index in [0.29, 0.717) is 82.2 Å². The maximum absolute atomic E-state index is 13.2. The highest BCUT2D eigenvalue weighted by molar-refractivity contribution is 5.94. The van der Waals surface area contributed by atoms with Gasteiger partial charge in [0, 0.05) is 68.7 Å². The number of benzene rings is 1. The fourth-order valence-corrected chi connectivity index (χ4v) is 10.0. The maximum atomic E-state index is 13.2. The minimum absolute atomic E-state index is 0.00685. The zero-order valence-electron chi connectivity index (χ0n) is 51.6. The van der Waals surface area contributed by atoms with Gasteiger partial charge in [0.2, 0.25) is 35.4 Å². The molecule has 23 heteroatoms. The lowest BCUT2D eigenvalue weighted by Gasteiger charge is -2.33.